The number of nitrogens with one attached hydrogen (secondary N) is 1. The molecule has 0 aliphatic rings. The Kier molecular flexibility index (Phi) is 5.15. The normalized spacial score (nSPS) is 11.1. The third-order valence-electron chi connectivity index (χ3n) is 4.55. The molecule has 0 bridgehead atoms. The van der Waals surface area contributed by atoms with Crippen LogP contribution in [0.2, 0.25) is 0 Å². The number of amides is 2. The molecule has 31 heavy (non-hydrogen) atoms. The monoisotopic (exact) mass is 415 g/mol. The molecule has 3 aromatic carbocycles. The summed E-state index contributed by atoms with van der Waals surface area (Å²) in [6.07, 6.45) is 0. The Bertz CT molecular complexity index is 1340. The smallest absolute Gasteiger partial charge is 0.259 e. The number of aromatic hydroxyl groups is 1. The van der Waals surface area contributed by atoms with E-state index in [1.807, 2.05) is 0 Å². The number of azo groups is 1. The molecule has 154 valence electrons. The zero-order chi connectivity index (χ0) is 22.0. The highest BCUT2D eigenvalue weighted by Crippen LogP contribution is 2.39. The maximum absolute atomic E-state index is 13.0. The summed E-state index contributed by atoms with van der Waals surface area (Å²) in [6.45, 7) is 1.72. The Labute approximate surface area is 176 Å². The van der Waals surface area contributed by atoms with Crippen LogP contribution in [0.5, 0.6) is 5.75 Å². The van der Waals surface area contributed by atoms with Crippen molar-refractivity contribution in [3.05, 3.63) is 77.6 Å². The Morgan fingerprint density at radius 1 is 1.03 bits per heavy atom. The molecule has 0 aliphatic heterocycles. The standard InChI is InChI=1S/C22H17N5O4/c1-12-10-18(27-31-12)25-26-19-14-7-3-2-6-13(14)11-16(20(19)28)22(30)24-17-9-5-4-8-15(17)21(23)29/h2-11,28H,1H3,(H2,23,29)(H,24,30). The van der Waals surface area contributed by atoms with Crippen LogP contribution in [-0.4, -0.2) is 22.1 Å². The number of rotatable bonds is 5. The number of carbonyl (C=O) groups excluding carboxylic acids is 2. The lowest BCUT2D eigenvalue weighted by molar-refractivity contribution is 0.100. The minimum absolute atomic E-state index is 0.0387. The van der Waals surface area contributed by atoms with E-state index in [1.165, 1.54) is 12.1 Å². The van der Waals surface area contributed by atoms with E-state index in [4.69, 9.17) is 10.3 Å². The molecule has 9 nitrogen and oxygen atoms in total. The van der Waals surface area contributed by atoms with Crippen LogP contribution in [0.3, 0.4) is 0 Å². The van der Waals surface area contributed by atoms with Gasteiger partial charge in [-0.1, -0.05) is 41.6 Å². The van der Waals surface area contributed by atoms with Gasteiger partial charge in [0, 0.05) is 11.5 Å². The topological polar surface area (TPSA) is 143 Å². The number of carbonyl (C=O) groups is 2. The van der Waals surface area contributed by atoms with Crippen LogP contribution in [0.25, 0.3) is 10.8 Å². The van der Waals surface area contributed by atoms with E-state index in [2.05, 4.69) is 20.7 Å². The van der Waals surface area contributed by atoms with Crippen LogP contribution in [0, 0.1) is 6.92 Å². The Morgan fingerprint density at radius 3 is 2.52 bits per heavy atom. The zero-order valence-electron chi connectivity index (χ0n) is 16.4. The van der Waals surface area contributed by atoms with E-state index in [0.717, 1.165) is 0 Å². The van der Waals surface area contributed by atoms with Gasteiger partial charge in [0.1, 0.15) is 11.4 Å². The van der Waals surface area contributed by atoms with Crippen molar-refractivity contribution >= 4 is 39.8 Å². The molecule has 0 spiro atoms. The van der Waals surface area contributed by atoms with Gasteiger partial charge < -0.3 is 20.7 Å². The maximum atomic E-state index is 13.0. The Hall–Kier alpha value is -4.53. The van der Waals surface area contributed by atoms with Crippen LogP contribution in [0.1, 0.15) is 26.5 Å². The zero-order valence-corrected chi connectivity index (χ0v) is 16.4. The summed E-state index contributed by atoms with van der Waals surface area (Å²) in [5.41, 5.74) is 5.82. The highest BCUT2D eigenvalue weighted by Gasteiger charge is 2.20. The summed E-state index contributed by atoms with van der Waals surface area (Å²) in [5, 5.41) is 26.6. The lowest BCUT2D eigenvalue weighted by atomic mass is 10.0. The van der Waals surface area contributed by atoms with Gasteiger partial charge in [-0.2, -0.15) is 0 Å². The molecule has 0 radical (unpaired) electrons. The van der Waals surface area contributed by atoms with Crippen molar-refractivity contribution < 1.29 is 19.2 Å². The molecule has 2 amide bonds. The molecule has 4 aromatic rings. The molecule has 1 heterocycles. The highest BCUT2D eigenvalue weighted by molar-refractivity contribution is 6.13. The van der Waals surface area contributed by atoms with Crippen LogP contribution in [-0.2, 0) is 0 Å². The van der Waals surface area contributed by atoms with E-state index >= 15 is 0 Å². The molecule has 0 saturated heterocycles. The first-order valence-corrected chi connectivity index (χ1v) is 9.24. The second kappa shape index (κ2) is 8.07. The molecule has 1 aromatic heterocycles. The van der Waals surface area contributed by atoms with Crippen molar-refractivity contribution in [2.75, 3.05) is 5.32 Å². The van der Waals surface area contributed by atoms with Crippen LogP contribution in [0.4, 0.5) is 17.2 Å². The summed E-state index contributed by atoms with van der Waals surface area (Å²) in [5.74, 6) is -0.895. The number of nitrogens with two attached hydrogens (primary N) is 1. The first kappa shape index (κ1) is 19.8. The predicted octanol–water partition coefficient (Wildman–Crippen LogP) is 4.61. The number of aromatic nitrogens is 1. The number of fused-ring (bicyclic) bond motifs is 1. The number of primary amides is 1. The van der Waals surface area contributed by atoms with Crippen molar-refractivity contribution in [2.24, 2.45) is 16.0 Å². The van der Waals surface area contributed by atoms with Gasteiger partial charge in [-0.05, 0) is 30.5 Å². The van der Waals surface area contributed by atoms with Crippen LogP contribution >= 0.6 is 0 Å². The Morgan fingerprint density at radius 2 is 1.77 bits per heavy atom. The molecule has 0 aliphatic carbocycles. The molecule has 0 unspecified atom stereocenters. The van der Waals surface area contributed by atoms with E-state index in [1.54, 1.807) is 55.5 Å². The van der Waals surface area contributed by atoms with Gasteiger partial charge in [0.15, 0.2) is 5.75 Å². The number of anilines is 1. The first-order chi connectivity index (χ1) is 14.9. The highest BCUT2D eigenvalue weighted by atomic mass is 16.5. The van der Waals surface area contributed by atoms with Crippen LogP contribution < -0.4 is 11.1 Å². The molecule has 4 rings (SSSR count). The second-order valence-electron chi connectivity index (χ2n) is 6.70. The third-order valence-corrected chi connectivity index (χ3v) is 4.55. The Balaban J connectivity index is 1.78. The molecular formula is C22H17N5O4. The summed E-state index contributed by atoms with van der Waals surface area (Å²) >= 11 is 0. The SMILES string of the molecule is Cc1cc(N=Nc2c(O)c(C(=O)Nc3ccccc3C(N)=O)cc3ccccc23)no1. The average Bonchev–Trinajstić information content (AvgIpc) is 3.18. The fourth-order valence-corrected chi connectivity index (χ4v) is 3.09. The van der Waals surface area contributed by atoms with Crippen molar-refractivity contribution in [3.63, 3.8) is 0 Å². The van der Waals surface area contributed by atoms with Gasteiger partial charge in [-0.3, -0.25) is 9.59 Å². The number of nitrogens with zero attached hydrogens (tertiary/aromatic N) is 3. The number of para-hydroxylation sites is 1. The van der Waals surface area contributed by atoms with Crippen LogP contribution in [0.15, 0.2) is 75.4 Å². The van der Waals surface area contributed by atoms with E-state index in [0.29, 0.717) is 16.5 Å². The largest absolute Gasteiger partial charge is 0.505 e. The van der Waals surface area contributed by atoms with Crippen molar-refractivity contribution in [3.8, 4) is 5.75 Å². The van der Waals surface area contributed by atoms with Gasteiger partial charge in [0.2, 0.25) is 5.82 Å². The summed E-state index contributed by atoms with van der Waals surface area (Å²) in [4.78, 5) is 24.6. The number of phenolic OH excluding ortho intramolecular Hbond substituents is 1. The van der Waals surface area contributed by atoms with E-state index in [-0.39, 0.29) is 34.1 Å². The number of hydrogen-bond donors (Lipinski definition) is 3. The van der Waals surface area contributed by atoms with Crippen molar-refractivity contribution in [2.45, 2.75) is 6.92 Å². The molecule has 9 heteroatoms. The first-order valence-electron chi connectivity index (χ1n) is 9.24. The maximum Gasteiger partial charge on any atom is 0.259 e. The molecule has 0 fully saturated rings. The van der Waals surface area contributed by atoms with E-state index < -0.39 is 11.8 Å². The fourth-order valence-electron chi connectivity index (χ4n) is 3.09. The van der Waals surface area contributed by atoms with Crippen molar-refractivity contribution in [1.29, 1.82) is 0 Å². The number of benzene rings is 3. The predicted molar refractivity (Wildman–Crippen MR) is 114 cm³/mol. The third kappa shape index (κ3) is 3.97. The summed E-state index contributed by atoms with van der Waals surface area (Å²) < 4.78 is 4.96. The molecule has 4 N–H and O–H groups in total. The van der Waals surface area contributed by atoms with Gasteiger partial charge >= 0.3 is 0 Å². The van der Waals surface area contributed by atoms with Gasteiger partial charge in [-0.25, -0.2) is 0 Å². The molecule has 0 atom stereocenters. The minimum Gasteiger partial charge on any atom is -0.505 e. The quantitative estimate of drug-likeness (QED) is 0.408. The van der Waals surface area contributed by atoms with E-state index in [9.17, 15) is 14.7 Å². The average molecular weight is 415 g/mol. The van der Waals surface area contributed by atoms with Gasteiger partial charge in [-0.15, -0.1) is 10.2 Å². The van der Waals surface area contributed by atoms with Gasteiger partial charge in [0.25, 0.3) is 11.8 Å². The molecule has 0 saturated carbocycles. The lowest BCUT2D eigenvalue weighted by Gasteiger charge is -2.12. The molecular weight excluding hydrogens is 398 g/mol. The number of aryl methyl sites for hydroxylation is 1. The van der Waals surface area contributed by atoms with Gasteiger partial charge in [0.05, 0.1) is 16.8 Å². The second-order valence-corrected chi connectivity index (χ2v) is 6.70. The number of hydrogen-bond acceptors (Lipinski definition) is 7. The lowest BCUT2D eigenvalue weighted by Crippen LogP contribution is -2.18. The number of phenols is 1. The summed E-state index contributed by atoms with van der Waals surface area (Å²) in [6, 6.07) is 16.6. The van der Waals surface area contributed by atoms with Crippen molar-refractivity contribution in [1.82, 2.24) is 5.16 Å². The summed E-state index contributed by atoms with van der Waals surface area (Å²) in [7, 11) is 0. The fraction of sp³-hybridized carbons (Fsp3) is 0.0455. The minimum atomic E-state index is -0.684.